The summed E-state index contributed by atoms with van der Waals surface area (Å²) in [5, 5.41) is 3.14. The van der Waals surface area contributed by atoms with Crippen LogP contribution in [-0.4, -0.2) is 5.91 Å². The second-order valence-corrected chi connectivity index (χ2v) is 8.25. The van der Waals surface area contributed by atoms with Gasteiger partial charge < -0.3 is 11.1 Å². The molecule has 0 spiro atoms. The van der Waals surface area contributed by atoms with Crippen molar-refractivity contribution in [3.63, 3.8) is 0 Å². The highest BCUT2D eigenvalue weighted by Crippen LogP contribution is 2.60. The first-order valence-electron chi connectivity index (χ1n) is 7.90. The number of halogens is 1. The minimum Gasteiger partial charge on any atom is -0.399 e. The number of amides is 1. The molecular weight excluding hydrogens is 328 g/mol. The Morgan fingerprint density at radius 2 is 1.71 bits per heavy atom. The van der Waals surface area contributed by atoms with Gasteiger partial charge in [-0.25, -0.2) is 0 Å². The summed E-state index contributed by atoms with van der Waals surface area (Å²) >= 11 is 3.50. The molecular formula is C17H21BrN2O. The molecule has 3 nitrogen and oxygen atoms in total. The second-order valence-electron chi connectivity index (χ2n) is 7.39. The van der Waals surface area contributed by atoms with E-state index in [4.69, 9.17) is 5.73 Å². The summed E-state index contributed by atoms with van der Waals surface area (Å²) in [6, 6.07) is 5.57. The van der Waals surface area contributed by atoms with Gasteiger partial charge in [0.05, 0.1) is 11.1 Å². The molecule has 1 amide bonds. The minimum atomic E-state index is -0.112. The number of carbonyl (C=O) groups excluding carboxylic acids is 1. The third-order valence-corrected chi connectivity index (χ3v) is 6.45. The monoisotopic (exact) mass is 348 g/mol. The SMILES string of the molecule is Nc1ccc(Br)c(NC(=O)C23CC4CC(CC(C4)C2)C3)c1. The highest BCUT2D eigenvalue weighted by Gasteiger charge is 2.54. The lowest BCUT2D eigenvalue weighted by Crippen LogP contribution is -2.51. The van der Waals surface area contributed by atoms with Crippen LogP contribution in [0, 0.1) is 23.2 Å². The Morgan fingerprint density at radius 1 is 1.14 bits per heavy atom. The fourth-order valence-corrected chi connectivity index (χ4v) is 5.63. The molecule has 4 bridgehead atoms. The second kappa shape index (κ2) is 4.73. The molecule has 4 heteroatoms. The number of hydrogen-bond acceptors (Lipinski definition) is 2. The molecule has 0 aromatic heterocycles. The smallest absolute Gasteiger partial charge is 0.230 e. The van der Waals surface area contributed by atoms with Gasteiger partial charge in [-0.2, -0.15) is 0 Å². The number of anilines is 2. The molecule has 1 aromatic rings. The number of benzene rings is 1. The Kier molecular flexibility index (Phi) is 3.07. The fourth-order valence-electron chi connectivity index (χ4n) is 5.28. The highest BCUT2D eigenvalue weighted by atomic mass is 79.9. The van der Waals surface area contributed by atoms with Crippen LogP contribution in [0.4, 0.5) is 11.4 Å². The Morgan fingerprint density at radius 3 is 2.29 bits per heavy atom. The summed E-state index contributed by atoms with van der Waals surface area (Å²) in [5.41, 5.74) is 7.21. The van der Waals surface area contributed by atoms with Crippen LogP contribution in [0.25, 0.3) is 0 Å². The van der Waals surface area contributed by atoms with Crippen molar-refractivity contribution in [1.29, 1.82) is 0 Å². The maximum Gasteiger partial charge on any atom is 0.230 e. The van der Waals surface area contributed by atoms with Crippen molar-refractivity contribution >= 4 is 33.2 Å². The van der Waals surface area contributed by atoms with Crippen molar-refractivity contribution < 1.29 is 4.79 Å². The van der Waals surface area contributed by atoms with Gasteiger partial charge in [0.2, 0.25) is 5.91 Å². The first-order valence-corrected chi connectivity index (χ1v) is 8.70. The quantitative estimate of drug-likeness (QED) is 0.787. The molecule has 0 saturated heterocycles. The molecule has 0 radical (unpaired) electrons. The van der Waals surface area contributed by atoms with Crippen molar-refractivity contribution in [2.24, 2.45) is 23.2 Å². The molecule has 4 aliphatic carbocycles. The number of nitrogens with one attached hydrogen (secondary N) is 1. The predicted octanol–water partition coefficient (Wildman–Crippen LogP) is 4.19. The number of nitrogen functional groups attached to an aromatic ring is 1. The number of carbonyl (C=O) groups is 1. The Hall–Kier alpha value is -1.03. The maximum absolute atomic E-state index is 13.0. The Balaban J connectivity index is 1.59. The van der Waals surface area contributed by atoms with E-state index < -0.39 is 0 Å². The van der Waals surface area contributed by atoms with Gasteiger partial charge in [-0.15, -0.1) is 0 Å². The van der Waals surface area contributed by atoms with Crippen molar-refractivity contribution in [3.8, 4) is 0 Å². The summed E-state index contributed by atoms with van der Waals surface area (Å²) in [7, 11) is 0. The molecule has 21 heavy (non-hydrogen) atoms. The lowest BCUT2D eigenvalue weighted by Gasteiger charge is -2.55. The van der Waals surface area contributed by atoms with Crippen LogP contribution >= 0.6 is 15.9 Å². The van der Waals surface area contributed by atoms with E-state index in [9.17, 15) is 4.79 Å². The third kappa shape index (κ3) is 2.28. The third-order valence-electron chi connectivity index (χ3n) is 5.76. The number of hydrogen-bond donors (Lipinski definition) is 2. The molecule has 0 unspecified atom stereocenters. The van der Waals surface area contributed by atoms with Gasteiger partial charge in [-0.3, -0.25) is 4.79 Å². The van der Waals surface area contributed by atoms with Gasteiger partial charge in [0.1, 0.15) is 0 Å². The predicted molar refractivity (Wildman–Crippen MR) is 87.8 cm³/mol. The Labute approximate surface area is 133 Å². The highest BCUT2D eigenvalue weighted by molar-refractivity contribution is 9.10. The van der Waals surface area contributed by atoms with Gasteiger partial charge >= 0.3 is 0 Å². The van der Waals surface area contributed by atoms with Crippen LogP contribution in [0.1, 0.15) is 38.5 Å². The molecule has 4 saturated carbocycles. The van der Waals surface area contributed by atoms with E-state index in [-0.39, 0.29) is 11.3 Å². The summed E-state index contributed by atoms with van der Waals surface area (Å²) in [4.78, 5) is 13.0. The molecule has 3 N–H and O–H groups in total. The Bertz CT molecular complexity index is 563. The van der Waals surface area contributed by atoms with Crippen molar-refractivity contribution in [1.82, 2.24) is 0 Å². The van der Waals surface area contributed by atoms with Gasteiger partial charge in [0.15, 0.2) is 0 Å². The standard InChI is InChI=1S/C17H21BrN2O/c18-14-2-1-13(19)6-15(14)20-16(21)17-7-10-3-11(8-17)5-12(4-10)9-17/h1-2,6,10-12H,3-5,7-9,19H2,(H,20,21). The number of rotatable bonds is 2. The molecule has 112 valence electrons. The van der Waals surface area contributed by atoms with E-state index in [0.717, 1.165) is 47.2 Å². The van der Waals surface area contributed by atoms with Crippen LogP contribution in [0.15, 0.2) is 22.7 Å². The summed E-state index contributed by atoms with van der Waals surface area (Å²) in [5.74, 6) is 2.57. The van der Waals surface area contributed by atoms with Crippen LogP contribution in [-0.2, 0) is 4.79 Å². The van der Waals surface area contributed by atoms with Crippen molar-refractivity contribution in [2.75, 3.05) is 11.1 Å². The zero-order valence-electron chi connectivity index (χ0n) is 12.1. The number of nitrogens with two attached hydrogens (primary N) is 1. The van der Waals surface area contributed by atoms with Gasteiger partial charge in [0.25, 0.3) is 0 Å². The normalized spacial score (nSPS) is 36.7. The molecule has 4 aliphatic rings. The van der Waals surface area contributed by atoms with Crippen LogP contribution in [0.3, 0.4) is 0 Å². The van der Waals surface area contributed by atoms with Crippen LogP contribution in [0.2, 0.25) is 0 Å². The van der Waals surface area contributed by atoms with Crippen LogP contribution in [0.5, 0.6) is 0 Å². The fraction of sp³-hybridized carbons (Fsp3) is 0.588. The van der Waals surface area contributed by atoms with E-state index >= 15 is 0 Å². The van der Waals surface area contributed by atoms with Crippen LogP contribution < -0.4 is 11.1 Å². The summed E-state index contributed by atoms with van der Waals surface area (Å²) in [6.07, 6.45) is 7.33. The average Bonchev–Trinajstić information content (AvgIpc) is 2.41. The molecule has 0 atom stereocenters. The lowest BCUT2D eigenvalue weighted by atomic mass is 9.49. The van der Waals surface area contributed by atoms with Gasteiger partial charge in [0, 0.05) is 10.2 Å². The lowest BCUT2D eigenvalue weighted by molar-refractivity contribution is -0.140. The first kappa shape index (κ1) is 13.6. The molecule has 1 aromatic carbocycles. The molecule has 0 aliphatic heterocycles. The van der Waals surface area contributed by atoms with Gasteiger partial charge in [-0.05, 0) is 90.4 Å². The maximum atomic E-state index is 13.0. The van der Waals surface area contributed by atoms with E-state index in [1.807, 2.05) is 18.2 Å². The summed E-state index contributed by atoms with van der Waals surface area (Å²) in [6.45, 7) is 0. The zero-order valence-corrected chi connectivity index (χ0v) is 13.7. The van der Waals surface area contributed by atoms with Crippen molar-refractivity contribution in [3.05, 3.63) is 22.7 Å². The molecule has 5 rings (SSSR count). The zero-order chi connectivity index (χ0) is 14.6. The van der Waals surface area contributed by atoms with E-state index in [1.165, 1.54) is 19.3 Å². The van der Waals surface area contributed by atoms with E-state index in [2.05, 4.69) is 21.2 Å². The summed E-state index contributed by atoms with van der Waals surface area (Å²) < 4.78 is 0.898. The minimum absolute atomic E-state index is 0.112. The first-order chi connectivity index (χ1) is 10.0. The van der Waals surface area contributed by atoms with Crippen molar-refractivity contribution in [2.45, 2.75) is 38.5 Å². The molecule has 4 fully saturated rings. The van der Waals surface area contributed by atoms with Gasteiger partial charge in [-0.1, -0.05) is 0 Å². The largest absolute Gasteiger partial charge is 0.399 e. The topological polar surface area (TPSA) is 55.1 Å². The van der Waals surface area contributed by atoms with E-state index in [1.54, 1.807) is 0 Å². The van der Waals surface area contributed by atoms with E-state index in [0.29, 0.717) is 5.69 Å². The molecule has 0 heterocycles. The average molecular weight is 349 g/mol.